The lowest BCUT2D eigenvalue weighted by Crippen LogP contribution is -1.99. The van der Waals surface area contributed by atoms with Gasteiger partial charge in [0.15, 0.2) is 4.34 Å². The number of aromatic nitrogens is 1. The molecule has 20 heavy (non-hydrogen) atoms. The van der Waals surface area contributed by atoms with Gasteiger partial charge in [-0.3, -0.25) is 4.79 Å². The van der Waals surface area contributed by atoms with E-state index in [-0.39, 0.29) is 6.42 Å². The van der Waals surface area contributed by atoms with Crippen molar-refractivity contribution in [3.63, 3.8) is 0 Å². The molecule has 1 N–H and O–H groups in total. The van der Waals surface area contributed by atoms with Crippen LogP contribution < -0.4 is 0 Å². The molecule has 0 bridgehead atoms. The molecular weight excluding hydrogens is 290 g/mol. The molecule has 0 saturated heterocycles. The molecule has 0 unspecified atom stereocenters. The average Bonchev–Trinajstić information content (AvgIpc) is 2.77. The van der Waals surface area contributed by atoms with Crippen LogP contribution in [0.2, 0.25) is 0 Å². The van der Waals surface area contributed by atoms with E-state index in [4.69, 9.17) is 5.11 Å². The summed E-state index contributed by atoms with van der Waals surface area (Å²) in [5.41, 5.74) is 3.44. The highest BCUT2D eigenvalue weighted by atomic mass is 32.2. The second kappa shape index (κ2) is 6.90. The molecule has 2 aromatic rings. The van der Waals surface area contributed by atoms with Crippen LogP contribution in [0.5, 0.6) is 0 Å². The first kappa shape index (κ1) is 15.1. The summed E-state index contributed by atoms with van der Waals surface area (Å²) >= 11 is 3.15. The summed E-state index contributed by atoms with van der Waals surface area (Å²) < 4.78 is 0.943. The molecule has 0 fully saturated rings. The van der Waals surface area contributed by atoms with E-state index < -0.39 is 5.97 Å². The number of rotatable bonds is 6. The molecule has 0 radical (unpaired) electrons. The first-order valence-corrected chi connectivity index (χ1v) is 8.27. The highest BCUT2D eigenvalue weighted by Crippen LogP contribution is 2.30. The largest absolute Gasteiger partial charge is 0.481 e. The Balaban J connectivity index is 1.97. The minimum Gasteiger partial charge on any atom is -0.481 e. The fourth-order valence-electron chi connectivity index (χ4n) is 1.78. The van der Waals surface area contributed by atoms with Gasteiger partial charge in [0.25, 0.3) is 0 Å². The minimum atomic E-state index is -0.802. The lowest BCUT2D eigenvalue weighted by atomic mass is 10.1. The maximum atomic E-state index is 10.7. The zero-order valence-electron chi connectivity index (χ0n) is 11.5. The normalized spacial score (nSPS) is 10.7. The number of thiazole rings is 1. The van der Waals surface area contributed by atoms with Crippen LogP contribution in [0.15, 0.2) is 28.6 Å². The van der Waals surface area contributed by atoms with Crippen LogP contribution in [-0.4, -0.2) is 16.1 Å². The van der Waals surface area contributed by atoms with Crippen LogP contribution in [-0.2, 0) is 23.4 Å². The van der Waals surface area contributed by atoms with Gasteiger partial charge in [-0.1, -0.05) is 43.0 Å². The Labute approximate surface area is 127 Å². The van der Waals surface area contributed by atoms with Crippen molar-refractivity contribution >= 4 is 29.1 Å². The van der Waals surface area contributed by atoms with E-state index in [9.17, 15) is 4.79 Å². The van der Waals surface area contributed by atoms with Gasteiger partial charge in [-0.2, -0.15) is 0 Å². The summed E-state index contributed by atoms with van der Waals surface area (Å²) in [5, 5.41) is 8.83. The highest BCUT2D eigenvalue weighted by Gasteiger charge is 2.11. The van der Waals surface area contributed by atoms with Gasteiger partial charge in [-0.15, -0.1) is 11.3 Å². The van der Waals surface area contributed by atoms with Crippen molar-refractivity contribution in [1.82, 2.24) is 4.98 Å². The maximum absolute atomic E-state index is 10.7. The van der Waals surface area contributed by atoms with Crippen molar-refractivity contribution in [3.05, 3.63) is 46.0 Å². The molecule has 0 amide bonds. The van der Waals surface area contributed by atoms with Crippen LogP contribution in [0.1, 0.15) is 28.6 Å². The van der Waals surface area contributed by atoms with E-state index in [1.165, 1.54) is 22.5 Å². The predicted molar refractivity (Wildman–Crippen MR) is 83.6 cm³/mol. The van der Waals surface area contributed by atoms with Crippen LogP contribution in [0.25, 0.3) is 0 Å². The Morgan fingerprint density at radius 2 is 1.95 bits per heavy atom. The van der Waals surface area contributed by atoms with Crippen molar-refractivity contribution < 1.29 is 9.90 Å². The first-order valence-electron chi connectivity index (χ1n) is 6.47. The van der Waals surface area contributed by atoms with Gasteiger partial charge >= 0.3 is 5.97 Å². The molecule has 0 atom stereocenters. The molecular formula is C15H17NO2S2. The fourth-order valence-corrected chi connectivity index (χ4v) is 3.96. The number of hydrogen-bond acceptors (Lipinski definition) is 4. The SMILES string of the molecule is CCc1ccc(CSc2nc(C)c(CC(=O)O)s2)cc1. The van der Waals surface area contributed by atoms with Gasteiger partial charge in [0.05, 0.1) is 12.1 Å². The van der Waals surface area contributed by atoms with E-state index in [0.717, 1.165) is 27.1 Å². The van der Waals surface area contributed by atoms with Crippen molar-refractivity contribution in [1.29, 1.82) is 0 Å². The number of aliphatic carboxylic acids is 1. The number of hydrogen-bond donors (Lipinski definition) is 1. The topological polar surface area (TPSA) is 50.2 Å². The number of carboxylic acid groups (broad SMARTS) is 1. The molecule has 1 aromatic heterocycles. The number of nitrogens with zero attached hydrogens (tertiary/aromatic N) is 1. The molecule has 0 aliphatic heterocycles. The second-order valence-electron chi connectivity index (χ2n) is 4.52. The zero-order valence-corrected chi connectivity index (χ0v) is 13.2. The van der Waals surface area contributed by atoms with Crippen molar-refractivity contribution in [3.8, 4) is 0 Å². The highest BCUT2D eigenvalue weighted by molar-refractivity contribution is 8.00. The van der Waals surface area contributed by atoms with Gasteiger partial charge in [0.2, 0.25) is 0 Å². The predicted octanol–water partition coefficient (Wildman–Crippen LogP) is 3.93. The third-order valence-electron chi connectivity index (χ3n) is 2.98. The van der Waals surface area contributed by atoms with E-state index >= 15 is 0 Å². The number of benzene rings is 1. The van der Waals surface area contributed by atoms with Gasteiger partial charge < -0.3 is 5.11 Å². The van der Waals surface area contributed by atoms with Gasteiger partial charge in [0, 0.05) is 10.6 Å². The van der Waals surface area contributed by atoms with Gasteiger partial charge in [-0.25, -0.2) is 4.98 Å². The number of carboxylic acids is 1. The molecule has 5 heteroatoms. The summed E-state index contributed by atoms with van der Waals surface area (Å²) in [4.78, 5) is 16.0. The van der Waals surface area contributed by atoms with Crippen LogP contribution in [0, 0.1) is 6.92 Å². The van der Waals surface area contributed by atoms with Crippen LogP contribution >= 0.6 is 23.1 Å². The Bertz CT molecular complexity index is 590. The maximum Gasteiger partial charge on any atom is 0.308 e. The quantitative estimate of drug-likeness (QED) is 0.821. The standard InChI is InChI=1S/C15H17NO2S2/c1-3-11-4-6-12(7-5-11)9-19-15-16-10(2)13(20-15)8-14(17)18/h4-7H,3,8-9H2,1-2H3,(H,17,18). The summed E-state index contributed by atoms with van der Waals surface area (Å²) in [6.07, 6.45) is 1.12. The Morgan fingerprint density at radius 3 is 2.55 bits per heavy atom. The summed E-state index contributed by atoms with van der Waals surface area (Å²) in [6.45, 7) is 4.01. The monoisotopic (exact) mass is 307 g/mol. The molecule has 0 aliphatic carbocycles. The van der Waals surface area contributed by atoms with Crippen LogP contribution in [0.3, 0.4) is 0 Å². The zero-order chi connectivity index (χ0) is 14.5. The molecule has 106 valence electrons. The fraction of sp³-hybridized carbons (Fsp3) is 0.333. The molecule has 1 heterocycles. The lowest BCUT2D eigenvalue weighted by molar-refractivity contribution is -0.136. The average molecular weight is 307 g/mol. The number of aryl methyl sites for hydroxylation is 2. The number of carbonyl (C=O) groups is 1. The number of thioether (sulfide) groups is 1. The Hall–Kier alpha value is -1.33. The van der Waals surface area contributed by atoms with E-state index in [2.05, 4.69) is 36.2 Å². The van der Waals surface area contributed by atoms with E-state index in [1.54, 1.807) is 11.8 Å². The van der Waals surface area contributed by atoms with E-state index in [0.29, 0.717) is 0 Å². The molecule has 0 saturated carbocycles. The molecule has 3 nitrogen and oxygen atoms in total. The smallest absolute Gasteiger partial charge is 0.308 e. The molecule has 0 spiro atoms. The van der Waals surface area contributed by atoms with Crippen LogP contribution in [0.4, 0.5) is 0 Å². The summed E-state index contributed by atoms with van der Waals surface area (Å²) in [6, 6.07) is 8.59. The Morgan fingerprint density at radius 1 is 1.30 bits per heavy atom. The molecule has 1 aromatic carbocycles. The van der Waals surface area contributed by atoms with Crippen molar-refractivity contribution in [2.24, 2.45) is 0 Å². The summed E-state index contributed by atoms with van der Waals surface area (Å²) in [5.74, 6) is 0.0622. The van der Waals surface area contributed by atoms with Crippen molar-refractivity contribution in [2.75, 3.05) is 0 Å². The third kappa shape index (κ3) is 4.08. The minimum absolute atomic E-state index is 0.0647. The van der Waals surface area contributed by atoms with E-state index in [1.807, 2.05) is 6.92 Å². The molecule has 0 aliphatic rings. The summed E-state index contributed by atoms with van der Waals surface area (Å²) in [7, 11) is 0. The third-order valence-corrected chi connectivity index (χ3v) is 5.35. The van der Waals surface area contributed by atoms with Gasteiger partial charge in [0.1, 0.15) is 0 Å². The first-order chi connectivity index (χ1) is 9.58. The lowest BCUT2D eigenvalue weighted by Gasteiger charge is -2.01. The molecule has 2 rings (SSSR count). The van der Waals surface area contributed by atoms with Crippen molar-refractivity contribution in [2.45, 2.75) is 36.8 Å². The second-order valence-corrected chi connectivity index (χ2v) is 6.82. The van der Waals surface area contributed by atoms with Gasteiger partial charge in [-0.05, 0) is 24.5 Å². The Kier molecular flexibility index (Phi) is 5.20.